The van der Waals surface area contributed by atoms with E-state index >= 15 is 0 Å². The molecule has 0 saturated heterocycles. The molecule has 4 heteroatoms. The van der Waals surface area contributed by atoms with E-state index in [0.29, 0.717) is 0 Å². The lowest BCUT2D eigenvalue weighted by Crippen LogP contribution is -2.06. The summed E-state index contributed by atoms with van der Waals surface area (Å²) in [4.78, 5) is 4.63. The van der Waals surface area contributed by atoms with E-state index in [2.05, 4.69) is 9.94 Å². The van der Waals surface area contributed by atoms with E-state index in [1.165, 1.54) is 0 Å². The zero-order chi connectivity index (χ0) is 8.43. The van der Waals surface area contributed by atoms with Crippen LogP contribution < -0.4 is 5.90 Å². The van der Waals surface area contributed by atoms with Gasteiger partial charge in [-0.1, -0.05) is 0 Å². The minimum Gasteiger partial charge on any atom is -0.295 e. The lowest BCUT2D eigenvalue weighted by Gasteiger charge is -2.02. The van der Waals surface area contributed by atoms with Gasteiger partial charge in [0, 0.05) is 12.7 Å². The average Bonchev–Trinajstić information content (AvgIpc) is 2.31. The Balaban J connectivity index is 2.88. The van der Waals surface area contributed by atoms with Crippen molar-refractivity contribution in [1.29, 1.82) is 0 Å². The molecule has 0 bridgehead atoms. The highest BCUT2D eigenvalue weighted by atomic mass is 16.6. The van der Waals surface area contributed by atoms with Crippen LogP contribution in [0.5, 0.6) is 0 Å². The lowest BCUT2D eigenvalue weighted by molar-refractivity contribution is 0.0630. The number of nitrogens with two attached hydrogens (primary N) is 1. The fourth-order valence-electron chi connectivity index (χ4n) is 0.857. The second-order valence-corrected chi connectivity index (χ2v) is 2.61. The van der Waals surface area contributed by atoms with Gasteiger partial charge in [-0.25, -0.2) is 5.90 Å². The molecule has 11 heavy (non-hydrogen) atoms. The van der Waals surface area contributed by atoms with Gasteiger partial charge in [0.1, 0.15) is 6.10 Å². The molecule has 0 radical (unpaired) electrons. The largest absolute Gasteiger partial charge is 0.295 e. The maximum Gasteiger partial charge on any atom is 0.120 e. The van der Waals surface area contributed by atoms with Gasteiger partial charge in [0.2, 0.25) is 0 Å². The van der Waals surface area contributed by atoms with E-state index in [0.717, 1.165) is 11.4 Å². The van der Waals surface area contributed by atoms with Crippen LogP contribution in [0.25, 0.3) is 0 Å². The van der Waals surface area contributed by atoms with Crippen LogP contribution in [0.2, 0.25) is 0 Å². The Morgan fingerprint density at radius 1 is 1.73 bits per heavy atom. The SMILES string of the molecule is Cc1cc(C(C)ON)nn1C. The first-order chi connectivity index (χ1) is 5.15. The molecule has 0 aliphatic carbocycles. The molecule has 0 aliphatic heterocycles. The van der Waals surface area contributed by atoms with Crippen LogP contribution >= 0.6 is 0 Å². The van der Waals surface area contributed by atoms with Gasteiger partial charge < -0.3 is 0 Å². The average molecular weight is 155 g/mol. The van der Waals surface area contributed by atoms with Crippen LogP contribution in [0.15, 0.2) is 6.07 Å². The highest BCUT2D eigenvalue weighted by molar-refractivity contribution is 5.10. The van der Waals surface area contributed by atoms with Crippen LogP contribution in [0.4, 0.5) is 0 Å². The van der Waals surface area contributed by atoms with Crippen LogP contribution in [0.1, 0.15) is 24.4 Å². The molecule has 1 atom stereocenters. The number of aryl methyl sites for hydroxylation is 2. The first-order valence-corrected chi connectivity index (χ1v) is 3.51. The Kier molecular flexibility index (Phi) is 2.26. The smallest absolute Gasteiger partial charge is 0.120 e. The van der Waals surface area contributed by atoms with Crippen LogP contribution in [-0.2, 0) is 11.9 Å². The van der Waals surface area contributed by atoms with Gasteiger partial charge in [-0.15, -0.1) is 0 Å². The predicted molar refractivity (Wildman–Crippen MR) is 41.6 cm³/mol. The third-order valence-corrected chi connectivity index (χ3v) is 1.75. The standard InChI is InChI=1S/C7H13N3O/c1-5-4-7(6(2)11-8)9-10(5)3/h4,6H,8H2,1-3H3. The fourth-order valence-corrected chi connectivity index (χ4v) is 0.857. The number of nitrogens with zero attached hydrogens (tertiary/aromatic N) is 2. The van der Waals surface area contributed by atoms with Crippen molar-refractivity contribution in [3.63, 3.8) is 0 Å². The van der Waals surface area contributed by atoms with Gasteiger partial charge in [-0.05, 0) is 19.9 Å². The van der Waals surface area contributed by atoms with Crippen molar-refractivity contribution in [2.75, 3.05) is 0 Å². The molecule has 4 nitrogen and oxygen atoms in total. The van der Waals surface area contributed by atoms with Gasteiger partial charge in [0.05, 0.1) is 5.69 Å². The maximum absolute atomic E-state index is 5.01. The zero-order valence-corrected chi connectivity index (χ0v) is 7.03. The van der Waals surface area contributed by atoms with E-state index in [9.17, 15) is 0 Å². The Bertz CT molecular complexity index is 224. The Morgan fingerprint density at radius 2 is 2.36 bits per heavy atom. The molecule has 1 aromatic heterocycles. The van der Waals surface area contributed by atoms with E-state index in [1.807, 2.05) is 27.0 Å². The summed E-state index contributed by atoms with van der Waals surface area (Å²) < 4.78 is 1.80. The summed E-state index contributed by atoms with van der Waals surface area (Å²) in [6.45, 7) is 3.85. The topological polar surface area (TPSA) is 53.1 Å². The molecule has 0 amide bonds. The fraction of sp³-hybridized carbons (Fsp3) is 0.571. The molecule has 1 aromatic rings. The second-order valence-electron chi connectivity index (χ2n) is 2.61. The molecule has 0 fully saturated rings. The van der Waals surface area contributed by atoms with Gasteiger partial charge >= 0.3 is 0 Å². The summed E-state index contributed by atoms with van der Waals surface area (Å²) in [5.41, 5.74) is 1.97. The summed E-state index contributed by atoms with van der Waals surface area (Å²) in [6, 6.07) is 1.96. The molecule has 0 aromatic carbocycles. The molecule has 2 N–H and O–H groups in total. The van der Waals surface area contributed by atoms with Gasteiger partial charge in [-0.3, -0.25) is 9.52 Å². The summed E-state index contributed by atoms with van der Waals surface area (Å²) in [5.74, 6) is 5.01. The van der Waals surface area contributed by atoms with E-state index < -0.39 is 0 Å². The summed E-state index contributed by atoms with van der Waals surface area (Å²) >= 11 is 0. The van der Waals surface area contributed by atoms with E-state index in [-0.39, 0.29) is 6.10 Å². The van der Waals surface area contributed by atoms with Crippen molar-refractivity contribution < 1.29 is 4.84 Å². The van der Waals surface area contributed by atoms with Crippen molar-refractivity contribution in [2.45, 2.75) is 20.0 Å². The molecular formula is C7H13N3O. The van der Waals surface area contributed by atoms with Gasteiger partial charge in [0.25, 0.3) is 0 Å². The highest BCUT2D eigenvalue weighted by Gasteiger charge is 2.08. The van der Waals surface area contributed by atoms with Crippen molar-refractivity contribution in [2.24, 2.45) is 12.9 Å². The minimum absolute atomic E-state index is 0.130. The summed E-state index contributed by atoms with van der Waals surface area (Å²) in [6.07, 6.45) is -0.130. The Labute approximate surface area is 65.9 Å². The van der Waals surface area contributed by atoms with Crippen LogP contribution in [-0.4, -0.2) is 9.78 Å². The molecule has 0 saturated carbocycles. The van der Waals surface area contributed by atoms with Crippen molar-refractivity contribution in [3.8, 4) is 0 Å². The van der Waals surface area contributed by atoms with E-state index in [4.69, 9.17) is 5.90 Å². The molecule has 62 valence electrons. The number of rotatable bonds is 2. The molecular weight excluding hydrogens is 142 g/mol. The third-order valence-electron chi connectivity index (χ3n) is 1.75. The highest BCUT2D eigenvalue weighted by Crippen LogP contribution is 2.13. The Hall–Kier alpha value is -0.870. The van der Waals surface area contributed by atoms with Crippen molar-refractivity contribution >= 4 is 0 Å². The molecule has 0 aliphatic rings. The summed E-state index contributed by atoms with van der Waals surface area (Å²) in [5, 5.41) is 4.19. The number of aromatic nitrogens is 2. The van der Waals surface area contributed by atoms with E-state index in [1.54, 1.807) is 4.68 Å². The second kappa shape index (κ2) is 3.02. The van der Waals surface area contributed by atoms with Crippen LogP contribution in [0.3, 0.4) is 0 Å². The molecule has 1 unspecified atom stereocenters. The van der Waals surface area contributed by atoms with Gasteiger partial charge in [0.15, 0.2) is 0 Å². The first kappa shape index (κ1) is 8.23. The van der Waals surface area contributed by atoms with Crippen molar-refractivity contribution in [1.82, 2.24) is 9.78 Å². The minimum atomic E-state index is -0.130. The summed E-state index contributed by atoms with van der Waals surface area (Å²) in [7, 11) is 1.89. The van der Waals surface area contributed by atoms with Crippen LogP contribution in [0, 0.1) is 6.92 Å². The lowest BCUT2D eigenvalue weighted by atomic mass is 10.3. The number of hydrogen-bond acceptors (Lipinski definition) is 3. The molecule has 1 heterocycles. The zero-order valence-electron chi connectivity index (χ0n) is 7.03. The number of hydrogen-bond donors (Lipinski definition) is 1. The monoisotopic (exact) mass is 155 g/mol. The van der Waals surface area contributed by atoms with Gasteiger partial charge in [-0.2, -0.15) is 5.10 Å². The predicted octanol–water partition coefficient (Wildman–Crippen LogP) is 0.680. The van der Waals surface area contributed by atoms with Crippen molar-refractivity contribution in [3.05, 3.63) is 17.5 Å². The maximum atomic E-state index is 5.01. The molecule has 1 rings (SSSR count). The first-order valence-electron chi connectivity index (χ1n) is 3.51. The normalized spacial score (nSPS) is 13.5. The quantitative estimate of drug-likeness (QED) is 0.639. The third kappa shape index (κ3) is 1.58. The molecule has 0 spiro atoms. The Morgan fingerprint density at radius 3 is 2.73 bits per heavy atom.